The lowest BCUT2D eigenvalue weighted by atomic mass is 10.1. The van der Waals surface area contributed by atoms with Crippen molar-refractivity contribution in [1.82, 2.24) is 9.97 Å². The molecule has 0 radical (unpaired) electrons. The van der Waals surface area contributed by atoms with Crippen LogP contribution >= 0.6 is 0 Å². The molecule has 1 fully saturated rings. The van der Waals surface area contributed by atoms with Crippen LogP contribution in [0.3, 0.4) is 0 Å². The molecule has 0 unspecified atom stereocenters. The predicted octanol–water partition coefficient (Wildman–Crippen LogP) is 4.33. The summed E-state index contributed by atoms with van der Waals surface area (Å²) in [5, 5.41) is 29.0. The van der Waals surface area contributed by atoms with Gasteiger partial charge in [-0.25, -0.2) is 4.98 Å². The van der Waals surface area contributed by atoms with Gasteiger partial charge in [-0.15, -0.1) is 0 Å². The topological polar surface area (TPSA) is 99.5 Å². The molecule has 2 aromatic carbocycles. The molecule has 2 aliphatic rings. The van der Waals surface area contributed by atoms with Gasteiger partial charge in [-0.1, -0.05) is 0 Å². The second-order valence-corrected chi connectivity index (χ2v) is 8.06. The molecule has 0 amide bonds. The summed E-state index contributed by atoms with van der Waals surface area (Å²) >= 11 is 0. The number of nitrogens with one attached hydrogen (secondary N) is 2. The first kappa shape index (κ1) is 18.5. The fourth-order valence-corrected chi connectivity index (χ4v) is 4.44. The largest absolute Gasteiger partial charge is 0.509 e. The Morgan fingerprint density at radius 2 is 1.83 bits per heavy atom. The molecule has 30 heavy (non-hydrogen) atoms. The number of aromatic amines is 1. The van der Waals surface area contributed by atoms with Crippen LogP contribution in [0.15, 0.2) is 42.2 Å². The van der Waals surface area contributed by atoms with Crippen molar-refractivity contribution >= 4 is 33.8 Å². The number of anilines is 2. The summed E-state index contributed by atoms with van der Waals surface area (Å²) in [7, 11) is 0. The fraction of sp³-hybridized carbons (Fsp3) is 0.304. The van der Waals surface area contributed by atoms with Crippen molar-refractivity contribution in [3.63, 3.8) is 0 Å². The first-order valence-corrected chi connectivity index (χ1v) is 10.3. The highest BCUT2D eigenvalue weighted by molar-refractivity contribution is 6.30. The molecule has 0 bridgehead atoms. The van der Waals surface area contributed by atoms with Gasteiger partial charge >= 0.3 is 0 Å². The number of H-pyrrole nitrogens is 1. The van der Waals surface area contributed by atoms with Gasteiger partial charge in [0.1, 0.15) is 23.2 Å². The number of aryl methyl sites for hydroxylation is 1. The number of piperidine rings is 1. The predicted molar refractivity (Wildman–Crippen MR) is 120 cm³/mol. The number of imidazole rings is 1. The molecule has 4 N–H and O–H groups in total. The third kappa shape index (κ3) is 3.07. The Kier molecular flexibility index (Phi) is 4.38. The minimum absolute atomic E-state index is 0.114. The maximum Gasteiger partial charge on any atom is 0.145 e. The molecule has 5 rings (SSSR count). The van der Waals surface area contributed by atoms with Gasteiger partial charge in [-0.3, -0.25) is 5.41 Å². The first-order valence-electron chi connectivity index (χ1n) is 10.3. The maximum absolute atomic E-state index is 10.7. The Bertz CT molecular complexity index is 1170. The van der Waals surface area contributed by atoms with Gasteiger partial charge in [0.05, 0.1) is 23.2 Å². The highest BCUT2D eigenvalue weighted by atomic mass is 16.3. The summed E-state index contributed by atoms with van der Waals surface area (Å²) in [6.07, 6.45) is 3.73. The minimum Gasteiger partial charge on any atom is -0.509 e. The molecule has 0 spiro atoms. The number of aliphatic hydroxyl groups is 1. The summed E-state index contributed by atoms with van der Waals surface area (Å²) in [4.78, 5) is 12.1. The van der Waals surface area contributed by atoms with Gasteiger partial charge in [0.15, 0.2) is 0 Å². The molecule has 1 saturated heterocycles. The molecular weight excluding hydrogens is 378 g/mol. The van der Waals surface area contributed by atoms with E-state index < -0.39 is 0 Å². The Labute approximate surface area is 174 Å². The Hall–Kier alpha value is -3.48. The Morgan fingerprint density at radius 1 is 1.03 bits per heavy atom. The number of benzene rings is 2. The number of phenols is 1. The zero-order valence-corrected chi connectivity index (χ0v) is 16.9. The van der Waals surface area contributed by atoms with E-state index in [1.165, 1.54) is 24.9 Å². The second kappa shape index (κ2) is 7.09. The molecule has 154 valence electrons. The summed E-state index contributed by atoms with van der Waals surface area (Å²) in [5.41, 5.74) is 4.93. The number of aromatic hydroxyl groups is 1. The van der Waals surface area contributed by atoms with Crippen LogP contribution in [-0.4, -0.2) is 45.7 Å². The first-order chi connectivity index (χ1) is 14.5. The van der Waals surface area contributed by atoms with E-state index in [1.54, 1.807) is 23.1 Å². The number of fused-ring (bicyclic) bond motifs is 1. The van der Waals surface area contributed by atoms with E-state index in [0.717, 1.165) is 35.4 Å². The standard InChI is InChI=1S/C23H25N5O2/c1-14-11-16(29)6-8-19(14)28-13-20(30)21(22(28)24)23-25-17-7-5-15(12-18(17)26-23)27-9-3-2-4-10-27/h5-8,11-12,24,29-30H,2-4,9-10,13H2,1H3,(H,25,26). The summed E-state index contributed by atoms with van der Waals surface area (Å²) in [5.74, 6) is 0.989. The molecule has 7 heteroatoms. The molecule has 3 heterocycles. The smallest absolute Gasteiger partial charge is 0.145 e. The zero-order valence-electron chi connectivity index (χ0n) is 16.9. The highest BCUT2D eigenvalue weighted by Gasteiger charge is 2.32. The van der Waals surface area contributed by atoms with E-state index in [4.69, 9.17) is 5.41 Å². The van der Waals surface area contributed by atoms with Gasteiger partial charge in [0, 0.05) is 24.5 Å². The number of phenolic OH excluding ortho intramolecular Hbond substituents is 1. The number of rotatable bonds is 3. The van der Waals surface area contributed by atoms with Crippen LogP contribution in [0.2, 0.25) is 0 Å². The van der Waals surface area contributed by atoms with E-state index in [9.17, 15) is 10.2 Å². The average molecular weight is 403 g/mol. The van der Waals surface area contributed by atoms with Crippen LogP contribution < -0.4 is 9.80 Å². The highest BCUT2D eigenvalue weighted by Crippen LogP contribution is 2.34. The molecule has 1 aromatic heterocycles. The number of aliphatic hydroxyl groups excluding tert-OH is 1. The van der Waals surface area contributed by atoms with Gasteiger partial charge in [-0.2, -0.15) is 0 Å². The van der Waals surface area contributed by atoms with E-state index >= 15 is 0 Å². The van der Waals surface area contributed by atoms with E-state index in [2.05, 4.69) is 27.0 Å². The van der Waals surface area contributed by atoms with Gasteiger partial charge in [-0.05, 0) is 68.1 Å². The summed E-state index contributed by atoms with van der Waals surface area (Å²) < 4.78 is 0. The van der Waals surface area contributed by atoms with Crippen molar-refractivity contribution in [1.29, 1.82) is 5.41 Å². The Balaban J connectivity index is 1.47. The van der Waals surface area contributed by atoms with Crippen molar-refractivity contribution in [3.8, 4) is 5.75 Å². The normalized spacial score (nSPS) is 17.4. The summed E-state index contributed by atoms with van der Waals surface area (Å²) in [6.45, 7) is 4.23. The molecule has 0 saturated carbocycles. The number of hydrogen-bond donors (Lipinski definition) is 4. The molecule has 0 aliphatic carbocycles. The van der Waals surface area contributed by atoms with E-state index in [1.807, 2.05) is 13.0 Å². The fourth-order valence-electron chi connectivity index (χ4n) is 4.44. The van der Waals surface area contributed by atoms with Crippen molar-refractivity contribution in [2.24, 2.45) is 0 Å². The lowest BCUT2D eigenvalue weighted by Gasteiger charge is -2.28. The molecule has 7 nitrogen and oxygen atoms in total. The van der Waals surface area contributed by atoms with Crippen LogP contribution in [-0.2, 0) is 0 Å². The molecule has 0 atom stereocenters. The van der Waals surface area contributed by atoms with Crippen LogP contribution in [0, 0.1) is 12.3 Å². The van der Waals surface area contributed by atoms with Crippen molar-refractivity contribution in [2.75, 3.05) is 29.4 Å². The van der Waals surface area contributed by atoms with Gasteiger partial charge in [0.2, 0.25) is 0 Å². The van der Waals surface area contributed by atoms with Crippen LogP contribution in [0.4, 0.5) is 11.4 Å². The van der Waals surface area contributed by atoms with Crippen molar-refractivity contribution < 1.29 is 10.2 Å². The molecule has 3 aromatic rings. The lowest BCUT2D eigenvalue weighted by Crippen LogP contribution is -2.29. The average Bonchev–Trinajstić information content (AvgIpc) is 3.28. The lowest BCUT2D eigenvalue weighted by molar-refractivity contribution is 0.411. The quantitative estimate of drug-likeness (QED) is 0.522. The van der Waals surface area contributed by atoms with E-state index in [-0.39, 0.29) is 23.9 Å². The van der Waals surface area contributed by atoms with Gasteiger partial charge < -0.3 is 25.0 Å². The maximum atomic E-state index is 10.7. The van der Waals surface area contributed by atoms with Gasteiger partial charge in [0.25, 0.3) is 0 Å². The number of nitrogens with zero attached hydrogens (tertiary/aromatic N) is 3. The Morgan fingerprint density at radius 3 is 2.60 bits per heavy atom. The van der Waals surface area contributed by atoms with Crippen molar-refractivity contribution in [3.05, 3.63) is 53.5 Å². The number of amidine groups is 1. The third-order valence-corrected chi connectivity index (χ3v) is 6.00. The number of hydrogen-bond acceptors (Lipinski definition) is 5. The summed E-state index contributed by atoms with van der Waals surface area (Å²) in [6, 6.07) is 11.2. The molecular formula is C23H25N5O2. The zero-order chi connectivity index (χ0) is 20.8. The second-order valence-electron chi connectivity index (χ2n) is 8.06. The third-order valence-electron chi connectivity index (χ3n) is 6.00. The SMILES string of the molecule is Cc1cc(O)ccc1N1CC(O)=C(c2nc3ccc(N4CCCCC4)cc3[nH]2)C1=N. The monoisotopic (exact) mass is 403 g/mol. The van der Waals surface area contributed by atoms with E-state index in [0.29, 0.717) is 11.4 Å². The number of aromatic nitrogens is 2. The van der Waals surface area contributed by atoms with Crippen LogP contribution in [0.5, 0.6) is 5.75 Å². The molecule has 2 aliphatic heterocycles. The van der Waals surface area contributed by atoms with Crippen molar-refractivity contribution in [2.45, 2.75) is 26.2 Å². The van der Waals surface area contributed by atoms with Crippen LogP contribution in [0.25, 0.3) is 16.6 Å². The van der Waals surface area contributed by atoms with Crippen LogP contribution in [0.1, 0.15) is 30.7 Å². The minimum atomic E-state index is 0.114.